The number of benzene rings is 1. The van der Waals surface area contributed by atoms with Crippen molar-refractivity contribution in [2.45, 2.75) is 0 Å². The number of carbonyl (C=O) groups excluding carboxylic acids is 1. The van der Waals surface area contributed by atoms with Crippen molar-refractivity contribution in [3.05, 3.63) is 12.1 Å². The Morgan fingerprint density at radius 2 is 2.31 bits per heavy atom. The van der Waals surface area contributed by atoms with Gasteiger partial charge in [-0.15, -0.1) is 0 Å². The summed E-state index contributed by atoms with van der Waals surface area (Å²) in [6, 6.07) is 3.38. The van der Waals surface area contributed by atoms with Crippen LogP contribution in [0, 0.1) is 0 Å². The molecule has 0 fully saturated rings. The Balaban J connectivity index is 2.42. The molecule has 1 aliphatic rings. The first kappa shape index (κ1) is 10.6. The summed E-state index contributed by atoms with van der Waals surface area (Å²) < 4.78 is 5.23. The van der Waals surface area contributed by atoms with Crippen molar-refractivity contribution in [2.75, 3.05) is 36.9 Å². The molecule has 1 aromatic rings. The summed E-state index contributed by atoms with van der Waals surface area (Å²) in [5.74, 6) is 0.397. The number of ether oxygens (including phenoxy) is 1. The molecule has 86 valence electrons. The van der Waals surface area contributed by atoms with Gasteiger partial charge in [-0.3, -0.25) is 14.7 Å². The highest BCUT2D eigenvalue weighted by Gasteiger charge is 2.19. The summed E-state index contributed by atoms with van der Waals surface area (Å²) in [6.45, 7) is 0.0197. The third kappa shape index (κ3) is 1.74. The molecule has 0 spiro atoms. The van der Waals surface area contributed by atoms with Crippen molar-refractivity contribution in [1.29, 1.82) is 0 Å². The number of hydrogen-bond donors (Lipinski definition) is 2. The zero-order chi connectivity index (χ0) is 11.7. The molecule has 1 heterocycles. The van der Waals surface area contributed by atoms with Gasteiger partial charge in [0.2, 0.25) is 0 Å². The Labute approximate surface area is 92.9 Å². The minimum Gasteiger partial charge on any atom is -0.482 e. The van der Waals surface area contributed by atoms with E-state index < -0.39 is 0 Å². The summed E-state index contributed by atoms with van der Waals surface area (Å²) in [5, 5.41) is 4.22. The van der Waals surface area contributed by atoms with E-state index in [9.17, 15) is 4.79 Å². The molecule has 1 amide bonds. The summed E-state index contributed by atoms with van der Waals surface area (Å²) in [7, 11) is 3.26. The molecule has 0 saturated carbocycles. The summed E-state index contributed by atoms with van der Waals surface area (Å²) in [6.07, 6.45) is 0. The maximum absolute atomic E-state index is 11.1. The van der Waals surface area contributed by atoms with Crippen molar-refractivity contribution in [3.63, 3.8) is 0 Å². The SMILES string of the molecule is CON(C)c1cc2c(cc1N)OCC(=O)N2. The van der Waals surface area contributed by atoms with E-state index in [1.54, 1.807) is 19.2 Å². The highest BCUT2D eigenvalue weighted by atomic mass is 16.7. The summed E-state index contributed by atoms with van der Waals surface area (Å²) >= 11 is 0. The highest BCUT2D eigenvalue weighted by molar-refractivity contribution is 5.97. The van der Waals surface area contributed by atoms with E-state index in [1.165, 1.54) is 12.2 Å². The van der Waals surface area contributed by atoms with Crippen molar-refractivity contribution in [3.8, 4) is 5.75 Å². The fraction of sp³-hybridized carbons (Fsp3) is 0.300. The average Bonchev–Trinajstić information content (AvgIpc) is 2.28. The minimum atomic E-state index is -0.178. The van der Waals surface area contributed by atoms with Crippen LogP contribution < -0.4 is 20.9 Å². The van der Waals surface area contributed by atoms with Gasteiger partial charge in [-0.25, -0.2) is 0 Å². The first-order valence-corrected chi connectivity index (χ1v) is 4.76. The Bertz CT molecular complexity index is 434. The topological polar surface area (TPSA) is 76.8 Å². The number of amides is 1. The number of nitrogens with two attached hydrogens (primary N) is 1. The monoisotopic (exact) mass is 223 g/mol. The normalized spacial score (nSPS) is 13.8. The van der Waals surface area contributed by atoms with Gasteiger partial charge < -0.3 is 15.8 Å². The van der Waals surface area contributed by atoms with Gasteiger partial charge in [0.05, 0.1) is 24.2 Å². The third-order valence-electron chi connectivity index (χ3n) is 2.37. The number of anilines is 3. The van der Waals surface area contributed by atoms with E-state index in [-0.39, 0.29) is 12.5 Å². The van der Waals surface area contributed by atoms with Crippen LogP contribution in [0.1, 0.15) is 0 Å². The van der Waals surface area contributed by atoms with Crippen LogP contribution in [-0.4, -0.2) is 26.7 Å². The fourth-order valence-electron chi connectivity index (χ4n) is 1.50. The van der Waals surface area contributed by atoms with E-state index >= 15 is 0 Å². The largest absolute Gasteiger partial charge is 0.482 e. The number of nitrogen functional groups attached to an aromatic ring is 1. The van der Waals surface area contributed by atoms with E-state index in [0.717, 1.165) is 0 Å². The predicted molar refractivity (Wildman–Crippen MR) is 60.4 cm³/mol. The van der Waals surface area contributed by atoms with Crippen molar-refractivity contribution >= 4 is 23.0 Å². The van der Waals surface area contributed by atoms with Gasteiger partial charge in [0.25, 0.3) is 5.91 Å². The molecule has 6 nitrogen and oxygen atoms in total. The van der Waals surface area contributed by atoms with E-state index in [4.69, 9.17) is 15.3 Å². The van der Waals surface area contributed by atoms with Crippen LogP contribution in [0.15, 0.2) is 12.1 Å². The van der Waals surface area contributed by atoms with Crippen LogP contribution in [0.25, 0.3) is 0 Å². The van der Waals surface area contributed by atoms with Crippen LogP contribution in [0.4, 0.5) is 17.1 Å². The Morgan fingerprint density at radius 1 is 1.56 bits per heavy atom. The Kier molecular flexibility index (Phi) is 2.57. The molecule has 0 radical (unpaired) electrons. The molecule has 1 aliphatic heterocycles. The number of fused-ring (bicyclic) bond motifs is 1. The molecular formula is C10H13N3O3. The first-order valence-electron chi connectivity index (χ1n) is 4.76. The number of hydroxylamine groups is 1. The number of nitrogens with zero attached hydrogens (tertiary/aromatic N) is 1. The molecule has 6 heteroatoms. The molecule has 0 bridgehead atoms. The van der Waals surface area contributed by atoms with Crippen molar-refractivity contribution in [2.24, 2.45) is 0 Å². The second-order valence-corrected chi connectivity index (χ2v) is 3.42. The molecule has 1 aromatic carbocycles. The number of rotatable bonds is 2. The van der Waals surface area contributed by atoms with Gasteiger partial charge in [-0.05, 0) is 6.07 Å². The summed E-state index contributed by atoms with van der Waals surface area (Å²) in [4.78, 5) is 16.2. The first-order chi connectivity index (χ1) is 7.61. The standard InChI is InChI=1S/C10H13N3O3/c1-13(15-2)8-4-7-9(3-6(8)11)16-5-10(14)12-7/h3-4H,5,11H2,1-2H3,(H,12,14). The lowest BCUT2D eigenvalue weighted by Gasteiger charge is -2.23. The van der Waals surface area contributed by atoms with E-state index in [0.29, 0.717) is 22.8 Å². The van der Waals surface area contributed by atoms with Gasteiger partial charge in [-0.2, -0.15) is 0 Å². The second-order valence-electron chi connectivity index (χ2n) is 3.42. The quantitative estimate of drug-likeness (QED) is 0.567. The predicted octanol–water partition coefficient (Wildman–Crippen LogP) is 0.597. The summed E-state index contributed by atoms with van der Waals surface area (Å²) in [5.41, 5.74) is 7.64. The lowest BCUT2D eigenvalue weighted by atomic mass is 10.2. The highest BCUT2D eigenvalue weighted by Crippen LogP contribution is 2.36. The van der Waals surface area contributed by atoms with Crippen LogP contribution in [0.2, 0.25) is 0 Å². The van der Waals surface area contributed by atoms with Gasteiger partial charge in [0.1, 0.15) is 5.75 Å². The van der Waals surface area contributed by atoms with E-state index in [2.05, 4.69) is 5.32 Å². The number of nitrogens with one attached hydrogen (secondary N) is 1. The van der Waals surface area contributed by atoms with Gasteiger partial charge >= 0.3 is 0 Å². The molecule has 3 N–H and O–H groups in total. The van der Waals surface area contributed by atoms with E-state index in [1.807, 2.05) is 0 Å². The van der Waals surface area contributed by atoms with Crippen LogP contribution >= 0.6 is 0 Å². The lowest BCUT2D eigenvalue weighted by Crippen LogP contribution is -2.26. The van der Waals surface area contributed by atoms with Crippen LogP contribution in [0.5, 0.6) is 5.75 Å². The molecular weight excluding hydrogens is 210 g/mol. The second kappa shape index (κ2) is 3.90. The minimum absolute atomic E-state index is 0.0197. The number of hydrogen-bond acceptors (Lipinski definition) is 5. The number of carbonyl (C=O) groups is 1. The third-order valence-corrected chi connectivity index (χ3v) is 2.37. The zero-order valence-electron chi connectivity index (χ0n) is 9.11. The van der Waals surface area contributed by atoms with Gasteiger partial charge in [0.15, 0.2) is 6.61 Å². The Morgan fingerprint density at radius 3 is 3.00 bits per heavy atom. The van der Waals surface area contributed by atoms with Crippen LogP contribution in [0.3, 0.4) is 0 Å². The average molecular weight is 223 g/mol. The molecule has 0 aromatic heterocycles. The molecule has 16 heavy (non-hydrogen) atoms. The lowest BCUT2D eigenvalue weighted by molar-refractivity contribution is -0.118. The Hall–Kier alpha value is -1.95. The van der Waals surface area contributed by atoms with Gasteiger partial charge in [0, 0.05) is 13.1 Å². The molecule has 0 saturated heterocycles. The van der Waals surface area contributed by atoms with Crippen molar-refractivity contribution in [1.82, 2.24) is 0 Å². The van der Waals surface area contributed by atoms with Crippen molar-refractivity contribution < 1.29 is 14.4 Å². The fourth-order valence-corrected chi connectivity index (χ4v) is 1.50. The maximum Gasteiger partial charge on any atom is 0.262 e. The zero-order valence-corrected chi connectivity index (χ0v) is 9.11. The van der Waals surface area contributed by atoms with Crippen LogP contribution in [-0.2, 0) is 9.63 Å². The molecule has 0 unspecified atom stereocenters. The van der Waals surface area contributed by atoms with Gasteiger partial charge in [-0.1, -0.05) is 0 Å². The molecule has 0 aliphatic carbocycles. The molecule has 2 rings (SSSR count). The molecule has 0 atom stereocenters. The maximum atomic E-state index is 11.1. The smallest absolute Gasteiger partial charge is 0.262 e.